The molecule has 2 aliphatic rings. The first-order chi connectivity index (χ1) is 12.5. The van der Waals surface area contributed by atoms with Gasteiger partial charge in [-0.2, -0.15) is 0 Å². The van der Waals surface area contributed by atoms with E-state index < -0.39 is 0 Å². The number of likely N-dealkylation sites (tertiary alicyclic amines) is 1. The fourth-order valence-corrected chi connectivity index (χ4v) is 4.54. The molecule has 0 unspecified atom stereocenters. The van der Waals surface area contributed by atoms with Crippen LogP contribution in [-0.4, -0.2) is 65.2 Å². The van der Waals surface area contributed by atoms with Crippen molar-refractivity contribution >= 4 is 56.0 Å². The topological polar surface area (TPSA) is 73.8 Å². The SMILES string of the molecule is O=C(CN1C(=O)CCC1=O)N1CCN(c2nc3c(Cl)cccc3s2)CC1. The molecule has 2 fully saturated rings. The molecule has 4 rings (SSSR count). The first-order valence-corrected chi connectivity index (χ1v) is 9.63. The van der Waals surface area contributed by atoms with Gasteiger partial charge in [0.1, 0.15) is 12.1 Å². The molecule has 1 aromatic carbocycles. The Morgan fingerprint density at radius 2 is 1.81 bits per heavy atom. The van der Waals surface area contributed by atoms with Crippen LogP contribution in [-0.2, 0) is 14.4 Å². The smallest absolute Gasteiger partial charge is 0.242 e. The predicted molar refractivity (Wildman–Crippen MR) is 99.4 cm³/mol. The number of rotatable bonds is 3. The average molecular weight is 393 g/mol. The zero-order valence-corrected chi connectivity index (χ0v) is 15.6. The van der Waals surface area contributed by atoms with Crippen molar-refractivity contribution in [2.75, 3.05) is 37.6 Å². The maximum Gasteiger partial charge on any atom is 0.242 e. The van der Waals surface area contributed by atoms with E-state index >= 15 is 0 Å². The first-order valence-electron chi connectivity index (χ1n) is 8.44. The summed E-state index contributed by atoms with van der Waals surface area (Å²) in [4.78, 5) is 45.3. The number of hydrogen-bond acceptors (Lipinski definition) is 6. The van der Waals surface area contributed by atoms with Crippen molar-refractivity contribution in [1.29, 1.82) is 0 Å². The van der Waals surface area contributed by atoms with Crippen LogP contribution in [0.15, 0.2) is 18.2 Å². The molecule has 0 N–H and O–H groups in total. The largest absolute Gasteiger partial charge is 0.345 e. The highest BCUT2D eigenvalue weighted by molar-refractivity contribution is 7.22. The number of nitrogens with zero attached hydrogens (tertiary/aromatic N) is 4. The van der Waals surface area contributed by atoms with Crippen LogP contribution in [0.2, 0.25) is 5.02 Å². The summed E-state index contributed by atoms with van der Waals surface area (Å²) in [5.74, 6) is -0.692. The van der Waals surface area contributed by atoms with Crippen LogP contribution < -0.4 is 4.90 Å². The van der Waals surface area contributed by atoms with Crippen LogP contribution in [0.25, 0.3) is 10.2 Å². The number of carbonyl (C=O) groups excluding carboxylic acids is 3. The van der Waals surface area contributed by atoms with Crippen molar-refractivity contribution < 1.29 is 14.4 Å². The second kappa shape index (κ2) is 6.85. The summed E-state index contributed by atoms with van der Waals surface area (Å²) < 4.78 is 1.04. The summed E-state index contributed by atoms with van der Waals surface area (Å²) in [7, 11) is 0. The van der Waals surface area contributed by atoms with Gasteiger partial charge in [-0.1, -0.05) is 29.0 Å². The second-order valence-electron chi connectivity index (χ2n) is 6.32. The third-order valence-electron chi connectivity index (χ3n) is 4.71. The van der Waals surface area contributed by atoms with Gasteiger partial charge in [0.15, 0.2) is 5.13 Å². The molecule has 2 aromatic rings. The molecule has 7 nitrogen and oxygen atoms in total. The lowest BCUT2D eigenvalue weighted by Gasteiger charge is -2.35. The molecular weight excluding hydrogens is 376 g/mol. The zero-order chi connectivity index (χ0) is 18.3. The molecular formula is C17H17ClN4O3S. The normalized spacial score (nSPS) is 18.3. The van der Waals surface area contributed by atoms with Gasteiger partial charge in [-0.15, -0.1) is 0 Å². The molecule has 3 amide bonds. The fraction of sp³-hybridized carbons (Fsp3) is 0.412. The van der Waals surface area contributed by atoms with E-state index in [0.29, 0.717) is 31.2 Å². The van der Waals surface area contributed by atoms with E-state index in [1.807, 2.05) is 18.2 Å². The van der Waals surface area contributed by atoms with Gasteiger partial charge >= 0.3 is 0 Å². The molecule has 0 aliphatic carbocycles. The molecule has 0 spiro atoms. The van der Waals surface area contributed by atoms with Crippen molar-refractivity contribution in [3.05, 3.63) is 23.2 Å². The van der Waals surface area contributed by atoms with Gasteiger partial charge in [0.2, 0.25) is 17.7 Å². The molecule has 0 atom stereocenters. The molecule has 2 saturated heterocycles. The van der Waals surface area contributed by atoms with Crippen LogP contribution in [0.1, 0.15) is 12.8 Å². The van der Waals surface area contributed by atoms with E-state index in [9.17, 15) is 14.4 Å². The van der Waals surface area contributed by atoms with Crippen molar-refractivity contribution in [2.45, 2.75) is 12.8 Å². The van der Waals surface area contributed by atoms with Gasteiger partial charge in [-0.25, -0.2) is 4.98 Å². The maximum absolute atomic E-state index is 12.4. The number of imide groups is 1. The Kier molecular flexibility index (Phi) is 4.54. The molecule has 0 radical (unpaired) electrons. The quantitative estimate of drug-likeness (QED) is 0.744. The van der Waals surface area contributed by atoms with E-state index in [-0.39, 0.29) is 37.1 Å². The lowest BCUT2D eigenvalue weighted by atomic mass is 10.3. The van der Waals surface area contributed by atoms with Crippen molar-refractivity contribution in [3.8, 4) is 0 Å². The van der Waals surface area contributed by atoms with Crippen molar-refractivity contribution in [2.24, 2.45) is 0 Å². The van der Waals surface area contributed by atoms with E-state index in [0.717, 1.165) is 20.2 Å². The molecule has 1 aromatic heterocycles. The summed E-state index contributed by atoms with van der Waals surface area (Å²) in [6, 6.07) is 5.72. The fourth-order valence-electron chi connectivity index (χ4n) is 3.22. The zero-order valence-electron chi connectivity index (χ0n) is 14.0. The molecule has 2 aliphatic heterocycles. The van der Waals surface area contributed by atoms with Gasteiger partial charge in [-0.05, 0) is 12.1 Å². The number of amides is 3. The number of fused-ring (bicyclic) bond motifs is 1. The molecule has 26 heavy (non-hydrogen) atoms. The van der Waals surface area contributed by atoms with E-state index in [2.05, 4.69) is 9.88 Å². The van der Waals surface area contributed by atoms with Gasteiger partial charge in [0, 0.05) is 39.0 Å². The highest BCUT2D eigenvalue weighted by Gasteiger charge is 2.32. The van der Waals surface area contributed by atoms with E-state index in [1.54, 1.807) is 16.2 Å². The standard InChI is InChI=1S/C17H17ClN4O3S/c18-11-2-1-3-12-16(11)19-17(26-12)21-8-6-20(7-9-21)15(25)10-22-13(23)4-5-14(22)24/h1-3H,4-10H2. The summed E-state index contributed by atoms with van der Waals surface area (Å²) in [5.41, 5.74) is 0.804. The highest BCUT2D eigenvalue weighted by Crippen LogP contribution is 2.33. The van der Waals surface area contributed by atoms with Gasteiger partial charge in [0.05, 0.1) is 9.72 Å². The number of benzene rings is 1. The molecule has 3 heterocycles. The lowest BCUT2D eigenvalue weighted by molar-refractivity contribution is -0.145. The Balaban J connectivity index is 1.39. The van der Waals surface area contributed by atoms with Gasteiger partial charge in [0.25, 0.3) is 0 Å². The van der Waals surface area contributed by atoms with E-state index in [4.69, 9.17) is 11.6 Å². The summed E-state index contributed by atoms with van der Waals surface area (Å²) in [6.07, 6.45) is 0.417. The number of thiazole rings is 1. The minimum Gasteiger partial charge on any atom is -0.345 e. The maximum atomic E-state index is 12.4. The molecule has 0 saturated carbocycles. The number of aromatic nitrogens is 1. The number of anilines is 1. The predicted octanol–water partition coefficient (Wildman–Crippen LogP) is 1.75. The number of para-hydroxylation sites is 1. The third-order valence-corrected chi connectivity index (χ3v) is 6.10. The van der Waals surface area contributed by atoms with Crippen molar-refractivity contribution in [3.63, 3.8) is 0 Å². The summed E-state index contributed by atoms with van der Waals surface area (Å²) in [6.45, 7) is 2.25. The Bertz CT molecular complexity index is 875. The molecule has 9 heteroatoms. The van der Waals surface area contributed by atoms with Crippen LogP contribution >= 0.6 is 22.9 Å². The van der Waals surface area contributed by atoms with E-state index in [1.165, 1.54) is 0 Å². The minimum absolute atomic E-state index is 0.144. The molecule has 136 valence electrons. The monoisotopic (exact) mass is 392 g/mol. The number of carbonyl (C=O) groups is 3. The number of hydrogen-bond donors (Lipinski definition) is 0. The van der Waals surface area contributed by atoms with Crippen LogP contribution in [0.4, 0.5) is 5.13 Å². The van der Waals surface area contributed by atoms with Crippen LogP contribution in [0.5, 0.6) is 0 Å². The van der Waals surface area contributed by atoms with Gasteiger partial charge in [-0.3, -0.25) is 19.3 Å². The van der Waals surface area contributed by atoms with Crippen molar-refractivity contribution in [1.82, 2.24) is 14.8 Å². The van der Waals surface area contributed by atoms with Crippen LogP contribution in [0.3, 0.4) is 0 Å². The Labute approximate surface area is 159 Å². The average Bonchev–Trinajstić information content (AvgIpc) is 3.21. The third kappa shape index (κ3) is 3.14. The highest BCUT2D eigenvalue weighted by atomic mass is 35.5. The number of halogens is 1. The Morgan fingerprint density at radius 3 is 2.46 bits per heavy atom. The van der Waals surface area contributed by atoms with Crippen LogP contribution in [0, 0.1) is 0 Å². The summed E-state index contributed by atoms with van der Waals surface area (Å²) >= 11 is 7.78. The Hall–Kier alpha value is -2.19. The Morgan fingerprint density at radius 1 is 1.12 bits per heavy atom. The lowest BCUT2D eigenvalue weighted by Crippen LogP contribution is -2.51. The van der Waals surface area contributed by atoms with Gasteiger partial charge < -0.3 is 9.80 Å². The summed E-state index contributed by atoms with van der Waals surface area (Å²) in [5, 5.41) is 1.53. The molecule has 0 bridgehead atoms. The number of piperazine rings is 1. The second-order valence-corrected chi connectivity index (χ2v) is 7.74. The minimum atomic E-state index is -0.256. The first kappa shape index (κ1) is 17.2.